The third-order valence-electron chi connectivity index (χ3n) is 10.6. The molecule has 0 aliphatic carbocycles. The summed E-state index contributed by atoms with van der Waals surface area (Å²) in [5, 5.41) is 4.54. The van der Waals surface area contributed by atoms with Crippen molar-refractivity contribution in [3.05, 3.63) is 212 Å². The van der Waals surface area contributed by atoms with Crippen molar-refractivity contribution in [2.75, 3.05) is 4.90 Å². The van der Waals surface area contributed by atoms with E-state index in [4.69, 9.17) is 4.42 Å². The smallest absolute Gasteiger partial charge is 0.143 e. The average Bonchev–Trinajstić information content (AvgIpc) is 3.64. The first kappa shape index (κ1) is 32.4. The van der Waals surface area contributed by atoms with Gasteiger partial charge in [0.1, 0.15) is 17.0 Å². The van der Waals surface area contributed by atoms with E-state index in [1.165, 1.54) is 45.2 Å². The monoisotopic (exact) mass is 707 g/mol. The van der Waals surface area contributed by atoms with Crippen molar-refractivity contribution in [1.29, 1.82) is 0 Å². The summed E-state index contributed by atoms with van der Waals surface area (Å²) >= 11 is 0. The molecule has 0 amide bonds. The quantitative estimate of drug-likeness (QED) is 0.164. The number of hydrogen-bond acceptors (Lipinski definition) is 2. The second-order valence-corrected chi connectivity index (χ2v) is 13.8. The number of benzene rings is 9. The number of rotatable bonds is 7. The number of nitrogens with zero attached hydrogens (tertiary/aromatic N) is 1. The van der Waals surface area contributed by atoms with E-state index in [0.29, 0.717) is 0 Å². The molecule has 9 aromatic carbocycles. The lowest BCUT2D eigenvalue weighted by molar-refractivity contribution is 0.628. The maximum Gasteiger partial charge on any atom is 0.143 e. The largest absolute Gasteiger partial charge is 0.455 e. The molecule has 0 radical (unpaired) electrons. The molecule has 0 spiro atoms. The number of halogens is 1. The molecule has 1 aromatic heterocycles. The summed E-state index contributed by atoms with van der Waals surface area (Å²) in [6.45, 7) is 0. The Balaban J connectivity index is 1.09. The minimum atomic E-state index is -0.260. The molecular formula is C52H34FNO. The van der Waals surface area contributed by atoms with Crippen molar-refractivity contribution in [2.24, 2.45) is 0 Å². The Morgan fingerprint density at radius 3 is 1.51 bits per heavy atom. The Labute approximate surface area is 319 Å². The van der Waals surface area contributed by atoms with Gasteiger partial charge in [-0.1, -0.05) is 158 Å². The van der Waals surface area contributed by atoms with Crippen molar-refractivity contribution < 1.29 is 8.81 Å². The van der Waals surface area contributed by atoms with Crippen LogP contribution >= 0.6 is 0 Å². The third kappa shape index (κ3) is 5.93. The maximum atomic E-state index is 13.8. The molecule has 3 heteroatoms. The molecule has 10 aromatic rings. The van der Waals surface area contributed by atoms with Gasteiger partial charge in [-0.15, -0.1) is 0 Å². The van der Waals surface area contributed by atoms with Crippen molar-refractivity contribution in [3.63, 3.8) is 0 Å². The highest BCUT2D eigenvalue weighted by Crippen LogP contribution is 2.43. The topological polar surface area (TPSA) is 16.4 Å². The molecule has 0 N–H and O–H groups in total. The molecule has 55 heavy (non-hydrogen) atoms. The van der Waals surface area contributed by atoms with Crippen LogP contribution in [0.1, 0.15) is 0 Å². The van der Waals surface area contributed by atoms with Crippen LogP contribution < -0.4 is 4.90 Å². The van der Waals surface area contributed by atoms with Gasteiger partial charge in [0, 0.05) is 39.0 Å². The van der Waals surface area contributed by atoms with Gasteiger partial charge in [0.25, 0.3) is 0 Å². The minimum Gasteiger partial charge on any atom is -0.455 e. The lowest BCUT2D eigenvalue weighted by Crippen LogP contribution is -2.10. The second-order valence-electron chi connectivity index (χ2n) is 13.8. The first-order chi connectivity index (χ1) is 27.2. The molecule has 0 saturated heterocycles. The van der Waals surface area contributed by atoms with Gasteiger partial charge in [-0.05, 0) is 92.7 Å². The van der Waals surface area contributed by atoms with Crippen LogP contribution in [0.15, 0.2) is 211 Å². The van der Waals surface area contributed by atoms with Gasteiger partial charge < -0.3 is 9.32 Å². The van der Waals surface area contributed by atoms with E-state index in [1.807, 2.05) is 18.2 Å². The predicted octanol–water partition coefficient (Wildman–Crippen LogP) is 15.0. The van der Waals surface area contributed by atoms with Gasteiger partial charge in [-0.2, -0.15) is 0 Å². The number of fused-ring (bicyclic) bond motifs is 4. The Kier molecular flexibility index (Phi) is 8.04. The zero-order valence-electron chi connectivity index (χ0n) is 29.9. The molecule has 10 rings (SSSR count). The van der Waals surface area contributed by atoms with E-state index in [-0.39, 0.29) is 5.82 Å². The molecule has 2 nitrogen and oxygen atoms in total. The molecule has 0 aliphatic rings. The second kappa shape index (κ2) is 13.6. The Morgan fingerprint density at radius 1 is 0.327 bits per heavy atom. The summed E-state index contributed by atoms with van der Waals surface area (Å²) in [4.78, 5) is 2.32. The van der Waals surface area contributed by atoms with E-state index in [1.54, 1.807) is 12.1 Å². The molecule has 0 bridgehead atoms. The van der Waals surface area contributed by atoms with Crippen LogP contribution in [0.25, 0.3) is 77.2 Å². The lowest BCUT2D eigenvalue weighted by atomic mass is 9.98. The fraction of sp³-hybridized carbons (Fsp3) is 0. The fourth-order valence-electron chi connectivity index (χ4n) is 7.86. The molecule has 0 fully saturated rings. The van der Waals surface area contributed by atoms with Gasteiger partial charge in [0.05, 0.1) is 0 Å². The zero-order chi connectivity index (χ0) is 36.7. The standard InChI is InChI=1S/C52H34FNO/c53-41-28-22-39(23-29-41)47-18-8-20-49-50-21-9-19-48(52(50)55-51(47)49)40-14-6-15-44(34-40)54(42-30-24-36(25-31-42)35-10-2-1-3-11-35)43-32-26-38(27-33-43)46-17-7-13-37-12-4-5-16-45(37)46/h1-34H. The first-order valence-electron chi connectivity index (χ1n) is 18.5. The van der Waals surface area contributed by atoms with Gasteiger partial charge in [-0.3, -0.25) is 0 Å². The van der Waals surface area contributed by atoms with Crippen molar-refractivity contribution in [2.45, 2.75) is 0 Å². The molecule has 1 heterocycles. The van der Waals surface area contributed by atoms with Crippen LogP contribution in [-0.4, -0.2) is 0 Å². The Morgan fingerprint density at radius 2 is 0.800 bits per heavy atom. The van der Waals surface area contributed by atoms with E-state index in [9.17, 15) is 4.39 Å². The summed E-state index contributed by atoms with van der Waals surface area (Å²) in [6, 6.07) is 70.9. The average molecular weight is 708 g/mol. The summed E-state index contributed by atoms with van der Waals surface area (Å²) in [7, 11) is 0. The molecular weight excluding hydrogens is 674 g/mol. The van der Waals surface area contributed by atoms with Gasteiger partial charge in [-0.25, -0.2) is 4.39 Å². The van der Waals surface area contributed by atoms with Crippen molar-refractivity contribution >= 4 is 49.8 Å². The van der Waals surface area contributed by atoms with E-state index in [0.717, 1.165) is 61.3 Å². The normalized spacial score (nSPS) is 11.4. The van der Waals surface area contributed by atoms with E-state index >= 15 is 0 Å². The Hall–Kier alpha value is -7.23. The SMILES string of the molecule is Fc1ccc(-c2cccc3c2oc2c(-c4cccc(N(c5ccc(-c6ccccc6)cc5)c5ccc(-c6cccc7ccccc67)cc5)c4)cccc23)cc1. The highest BCUT2D eigenvalue weighted by Gasteiger charge is 2.18. The van der Waals surface area contributed by atoms with E-state index in [2.05, 4.69) is 169 Å². The summed E-state index contributed by atoms with van der Waals surface area (Å²) in [5.41, 5.74) is 13.4. The van der Waals surface area contributed by atoms with Crippen LogP contribution in [0.4, 0.5) is 21.5 Å². The number of furan rings is 1. The number of hydrogen-bond donors (Lipinski definition) is 0. The van der Waals surface area contributed by atoms with Gasteiger partial charge >= 0.3 is 0 Å². The zero-order valence-corrected chi connectivity index (χ0v) is 29.9. The first-order valence-corrected chi connectivity index (χ1v) is 18.5. The van der Waals surface area contributed by atoms with Crippen LogP contribution in [0.5, 0.6) is 0 Å². The van der Waals surface area contributed by atoms with Crippen LogP contribution in [0.2, 0.25) is 0 Å². The predicted molar refractivity (Wildman–Crippen MR) is 228 cm³/mol. The minimum absolute atomic E-state index is 0.260. The lowest BCUT2D eigenvalue weighted by Gasteiger charge is -2.26. The van der Waals surface area contributed by atoms with Gasteiger partial charge in [0.2, 0.25) is 0 Å². The number of para-hydroxylation sites is 2. The van der Waals surface area contributed by atoms with Crippen LogP contribution in [0.3, 0.4) is 0 Å². The van der Waals surface area contributed by atoms with Crippen molar-refractivity contribution in [1.82, 2.24) is 0 Å². The summed E-state index contributed by atoms with van der Waals surface area (Å²) < 4.78 is 20.6. The van der Waals surface area contributed by atoms with Crippen LogP contribution in [0, 0.1) is 5.82 Å². The molecule has 0 atom stereocenters. The summed E-state index contributed by atoms with van der Waals surface area (Å²) in [6.07, 6.45) is 0. The third-order valence-corrected chi connectivity index (χ3v) is 10.6. The fourth-order valence-corrected chi connectivity index (χ4v) is 7.86. The molecule has 0 saturated carbocycles. The number of anilines is 3. The molecule has 0 aliphatic heterocycles. The summed E-state index contributed by atoms with van der Waals surface area (Å²) in [5.74, 6) is -0.260. The molecule has 260 valence electrons. The molecule has 0 unspecified atom stereocenters. The Bertz CT molecular complexity index is 2960. The van der Waals surface area contributed by atoms with Gasteiger partial charge in [0.15, 0.2) is 0 Å². The highest BCUT2D eigenvalue weighted by atomic mass is 19.1. The van der Waals surface area contributed by atoms with Crippen molar-refractivity contribution in [3.8, 4) is 44.5 Å². The van der Waals surface area contributed by atoms with Crippen LogP contribution in [-0.2, 0) is 0 Å². The maximum absolute atomic E-state index is 13.8. The van der Waals surface area contributed by atoms with E-state index < -0.39 is 0 Å². The highest BCUT2D eigenvalue weighted by molar-refractivity contribution is 6.13.